The maximum absolute atomic E-state index is 10.2. The van der Waals surface area contributed by atoms with Gasteiger partial charge in [0.15, 0.2) is 0 Å². The summed E-state index contributed by atoms with van der Waals surface area (Å²) in [5.41, 5.74) is 0. The molecule has 0 atom stereocenters. The second-order valence-electron chi connectivity index (χ2n) is 2.20. The summed E-state index contributed by atoms with van der Waals surface area (Å²) in [6, 6.07) is 0. The van der Waals surface area contributed by atoms with E-state index in [1.54, 1.807) is 0 Å². The van der Waals surface area contributed by atoms with E-state index in [0.29, 0.717) is 0 Å². The van der Waals surface area contributed by atoms with Gasteiger partial charge in [-0.25, -0.2) is 0 Å². The van der Waals surface area contributed by atoms with Crippen molar-refractivity contribution in [3.05, 3.63) is 0 Å². The van der Waals surface area contributed by atoms with Gasteiger partial charge in [0.2, 0.25) is 0 Å². The third kappa shape index (κ3) is 14.9. The quantitative estimate of drug-likeness (QED) is 0.271. The first-order valence-corrected chi connectivity index (χ1v) is 5.26. The fourth-order valence-electron chi connectivity index (χ4n) is 0.574. The van der Waals surface area contributed by atoms with Gasteiger partial charge in [-0.15, -0.1) is 0 Å². The van der Waals surface area contributed by atoms with E-state index in [0.717, 1.165) is 0 Å². The molecule has 0 amide bonds. The Morgan fingerprint density at radius 2 is 1.93 bits per heavy atom. The largest absolute Gasteiger partial charge is 0.384 e. The van der Waals surface area contributed by atoms with Gasteiger partial charge in [0, 0.05) is 36.2 Å². The molecule has 0 aliphatic heterocycles. The molecule has 0 aromatic carbocycles. The van der Waals surface area contributed by atoms with Crippen LogP contribution in [0.5, 0.6) is 0 Å². The molecule has 1 radical (unpaired) electrons. The Kier molecular flexibility index (Phi) is 11.9. The van der Waals surface area contributed by atoms with Crippen molar-refractivity contribution in [2.45, 2.75) is 6.42 Å². The topological polar surface area (TPSA) is 83.8 Å². The van der Waals surface area contributed by atoms with E-state index in [2.05, 4.69) is 11.8 Å². The van der Waals surface area contributed by atoms with Crippen LogP contribution in [0.2, 0.25) is 0 Å². The Morgan fingerprint density at radius 1 is 1.29 bits per heavy atom. The molecule has 0 heterocycles. The van der Waals surface area contributed by atoms with Crippen molar-refractivity contribution in [1.29, 1.82) is 0 Å². The van der Waals surface area contributed by atoms with Crippen molar-refractivity contribution in [2.75, 3.05) is 25.6 Å². The van der Waals surface area contributed by atoms with E-state index >= 15 is 0 Å². The van der Waals surface area contributed by atoms with E-state index in [1.165, 1.54) is 0 Å². The molecule has 0 bridgehead atoms. The van der Waals surface area contributed by atoms with Gasteiger partial charge >= 0.3 is 0 Å². The van der Waals surface area contributed by atoms with Gasteiger partial charge in [0.05, 0.1) is 5.75 Å². The fraction of sp³-hybridized carbons (Fsp3) is 0.714. The van der Waals surface area contributed by atoms with E-state index in [-0.39, 0.29) is 61.6 Å². The predicted molar refractivity (Wildman–Crippen MR) is 52.5 cm³/mol. The molecule has 14 heavy (non-hydrogen) atoms. The number of rotatable bonds is 5. The summed E-state index contributed by atoms with van der Waals surface area (Å²) in [5, 5.41) is 8.23. The molecule has 0 saturated carbocycles. The molecule has 0 saturated heterocycles. The number of hydrogen-bond acceptors (Lipinski definition) is 4. The summed E-state index contributed by atoms with van der Waals surface area (Å²) in [4.78, 5) is 0. The number of hydrogen-bond donors (Lipinski definition) is 2. The van der Waals surface area contributed by atoms with Crippen LogP contribution in [-0.4, -0.2) is 73.2 Å². The summed E-state index contributed by atoms with van der Waals surface area (Å²) in [6.45, 7) is 0.167. The molecule has 0 rings (SSSR count). The van der Waals surface area contributed by atoms with Gasteiger partial charge < -0.3 is 9.84 Å². The fourth-order valence-corrected chi connectivity index (χ4v) is 1.06. The van der Waals surface area contributed by atoms with Crippen LogP contribution in [-0.2, 0) is 14.9 Å². The van der Waals surface area contributed by atoms with Crippen molar-refractivity contribution in [2.24, 2.45) is 0 Å². The Balaban J connectivity index is 0. The number of ether oxygens (including phenoxy) is 1. The second kappa shape index (κ2) is 9.93. The van der Waals surface area contributed by atoms with Gasteiger partial charge in [-0.1, -0.05) is 11.8 Å². The normalized spacial score (nSPS) is 9.86. The van der Waals surface area contributed by atoms with Gasteiger partial charge in [-0.05, 0) is 6.42 Å². The van der Waals surface area contributed by atoms with Crippen LogP contribution >= 0.6 is 0 Å². The van der Waals surface area contributed by atoms with E-state index < -0.39 is 10.1 Å². The standard InChI is InChI=1S/C7H12O5S.Na/c8-4-1-2-5-12-6-3-7-13(9,10)11;/h8H,3-7H2,(H,9,10,11);. The number of aliphatic hydroxyl groups excluding tert-OH is 1. The van der Waals surface area contributed by atoms with E-state index in [4.69, 9.17) is 14.4 Å². The molecule has 2 N–H and O–H groups in total. The second-order valence-corrected chi connectivity index (χ2v) is 3.78. The molecule has 0 aromatic heterocycles. The molecule has 0 aromatic rings. The average Bonchev–Trinajstić information content (AvgIpc) is 2.01. The van der Waals surface area contributed by atoms with Crippen LogP contribution in [0.4, 0.5) is 0 Å². The van der Waals surface area contributed by atoms with Crippen molar-refractivity contribution < 1.29 is 22.8 Å². The monoisotopic (exact) mass is 231 g/mol. The third-order valence-electron chi connectivity index (χ3n) is 1.07. The average molecular weight is 231 g/mol. The van der Waals surface area contributed by atoms with Crippen molar-refractivity contribution >= 4 is 39.7 Å². The Morgan fingerprint density at radius 3 is 2.43 bits per heavy atom. The summed E-state index contributed by atoms with van der Waals surface area (Å²) < 4.78 is 33.6. The third-order valence-corrected chi connectivity index (χ3v) is 1.87. The zero-order valence-electron chi connectivity index (χ0n) is 8.06. The van der Waals surface area contributed by atoms with Crippen molar-refractivity contribution in [3.63, 3.8) is 0 Å². The Hall–Kier alpha value is 0.390. The van der Waals surface area contributed by atoms with E-state index in [9.17, 15) is 8.42 Å². The molecule has 77 valence electrons. The molecule has 0 aliphatic rings. The molecule has 0 fully saturated rings. The summed E-state index contributed by atoms with van der Waals surface area (Å²) >= 11 is 0. The van der Waals surface area contributed by atoms with Gasteiger partial charge in [0.1, 0.15) is 13.2 Å². The van der Waals surface area contributed by atoms with Crippen LogP contribution in [0.1, 0.15) is 6.42 Å². The smallest absolute Gasteiger partial charge is 0.264 e. The van der Waals surface area contributed by atoms with Gasteiger partial charge in [-0.2, -0.15) is 8.42 Å². The minimum absolute atomic E-state index is 0. The zero-order chi connectivity index (χ0) is 10.2. The first kappa shape index (κ1) is 16.8. The van der Waals surface area contributed by atoms with Crippen LogP contribution in [0, 0.1) is 11.8 Å². The first-order valence-electron chi connectivity index (χ1n) is 3.66. The number of aliphatic hydroxyl groups is 1. The maximum Gasteiger partial charge on any atom is 0.264 e. The molecular weight excluding hydrogens is 219 g/mol. The molecule has 0 aliphatic carbocycles. The minimum Gasteiger partial charge on any atom is -0.384 e. The Labute approximate surface area is 106 Å². The maximum atomic E-state index is 10.2. The van der Waals surface area contributed by atoms with Crippen molar-refractivity contribution in [1.82, 2.24) is 0 Å². The van der Waals surface area contributed by atoms with Gasteiger partial charge in [0.25, 0.3) is 10.1 Å². The van der Waals surface area contributed by atoms with Crippen LogP contribution < -0.4 is 0 Å². The zero-order valence-corrected chi connectivity index (χ0v) is 10.9. The molecule has 5 nitrogen and oxygen atoms in total. The Bertz CT molecular complexity index is 276. The van der Waals surface area contributed by atoms with Crippen LogP contribution in [0.3, 0.4) is 0 Å². The summed E-state index contributed by atoms with van der Waals surface area (Å²) in [6.07, 6.45) is 0.236. The molecule has 0 spiro atoms. The SMILES string of the molecule is O=S(=O)(O)CCCOCC#CCO.[Na]. The predicted octanol–water partition coefficient (Wildman–Crippen LogP) is -1.10. The summed E-state index contributed by atoms with van der Waals surface area (Å²) in [7, 11) is -3.88. The molecule has 7 heteroatoms. The van der Waals surface area contributed by atoms with Crippen LogP contribution in [0.25, 0.3) is 0 Å². The van der Waals surface area contributed by atoms with Crippen LogP contribution in [0.15, 0.2) is 0 Å². The van der Waals surface area contributed by atoms with Gasteiger partial charge in [-0.3, -0.25) is 4.55 Å². The summed E-state index contributed by atoms with van der Waals surface area (Å²) in [5.74, 6) is 4.56. The first-order chi connectivity index (χ1) is 6.06. The molecular formula is C7H12NaO5S. The minimum atomic E-state index is -3.88. The van der Waals surface area contributed by atoms with Crippen molar-refractivity contribution in [3.8, 4) is 11.8 Å². The van der Waals surface area contributed by atoms with E-state index in [1.807, 2.05) is 0 Å². The molecule has 0 unspecified atom stereocenters.